The van der Waals surface area contributed by atoms with Crippen LogP contribution in [0.5, 0.6) is 0 Å². The van der Waals surface area contributed by atoms with Crippen LogP contribution in [0.4, 0.5) is 0 Å². The van der Waals surface area contributed by atoms with Crippen molar-refractivity contribution < 1.29 is 0 Å². The van der Waals surface area contributed by atoms with Gasteiger partial charge in [-0.25, -0.2) is 0 Å². The van der Waals surface area contributed by atoms with Crippen molar-refractivity contribution in [1.29, 1.82) is 0 Å². The number of fused-ring (bicyclic) bond motifs is 1. The quantitative estimate of drug-likeness (QED) is 0.628. The van der Waals surface area contributed by atoms with Crippen LogP contribution in [0.25, 0.3) is 10.9 Å². The molecule has 14 heavy (non-hydrogen) atoms. The van der Waals surface area contributed by atoms with E-state index in [-0.39, 0.29) is 29.6 Å². The molecule has 2 nitrogen and oxygen atoms in total. The van der Waals surface area contributed by atoms with Gasteiger partial charge in [0, 0.05) is 0 Å². The zero-order valence-electron chi connectivity index (χ0n) is 6.33. The molecule has 68 valence electrons. The summed E-state index contributed by atoms with van der Waals surface area (Å²) in [6.07, 6.45) is 1.56. The van der Waals surface area contributed by atoms with Crippen molar-refractivity contribution in [3.63, 3.8) is 0 Å². The maximum atomic E-state index is 4.19. The molecule has 0 unspecified atom stereocenters. The summed E-state index contributed by atoms with van der Waals surface area (Å²) in [6, 6.07) is 3.98. The fourth-order valence-electron chi connectivity index (χ4n) is 1.08. The fourth-order valence-corrected chi connectivity index (χ4v) is 2.87. The van der Waals surface area contributed by atoms with Gasteiger partial charge in [0.2, 0.25) is 0 Å². The van der Waals surface area contributed by atoms with Crippen molar-refractivity contribution in [2.45, 2.75) is 0 Å². The Morgan fingerprint density at radius 1 is 1.14 bits per heavy atom. The monoisotopic (exact) mass is 390 g/mol. The third-order valence-corrected chi connectivity index (χ3v) is 3.45. The number of nitrogens with zero attached hydrogens (tertiary/aromatic N) is 2. The third kappa shape index (κ3) is 2.59. The number of benzene rings is 1. The summed E-state index contributed by atoms with van der Waals surface area (Å²) in [7, 11) is 0. The topological polar surface area (TPSA) is 25.8 Å². The van der Waals surface area contributed by atoms with Gasteiger partial charge in [-0.05, 0) is 0 Å². The Morgan fingerprint density at radius 2 is 1.86 bits per heavy atom. The molecule has 1 aromatic carbocycles. The standard InChI is InChI=1S/C8H4Br2N2Se.Na.H/c9-4-1-5-7(6(10)2-4)11-3-12-8(5)13;;/h1-3H,(H,11,12,13);;. The normalized spacial score (nSPS) is 9.93. The summed E-state index contributed by atoms with van der Waals surface area (Å²) >= 11 is 9.32. The Hall–Kier alpha value is 1.04. The van der Waals surface area contributed by atoms with Crippen LogP contribution < -0.4 is 4.59 Å². The Balaban J connectivity index is 0.000000980. The molecule has 0 aliphatic heterocycles. The van der Waals surface area contributed by atoms with E-state index in [1.54, 1.807) is 6.33 Å². The van der Waals surface area contributed by atoms with Gasteiger partial charge in [-0.3, -0.25) is 0 Å². The molecule has 2 aromatic rings. The van der Waals surface area contributed by atoms with Crippen molar-refractivity contribution in [2.24, 2.45) is 0 Å². The molecular weight excluding hydrogens is 386 g/mol. The number of hydrogen-bond acceptors (Lipinski definition) is 2. The van der Waals surface area contributed by atoms with Crippen molar-refractivity contribution in [3.05, 3.63) is 27.4 Å². The van der Waals surface area contributed by atoms with Gasteiger partial charge in [-0.1, -0.05) is 0 Å². The first-order valence-corrected chi connectivity index (χ1v) is 5.99. The average molecular weight is 391 g/mol. The number of halogens is 2. The van der Waals surface area contributed by atoms with Gasteiger partial charge < -0.3 is 0 Å². The molecule has 0 aliphatic rings. The molecule has 0 spiro atoms. The predicted molar refractivity (Wildman–Crippen MR) is 68.9 cm³/mol. The van der Waals surface area contributed by atoms with E-state index < -0.39 is 0 Å². The Morgan fingerprint density at radius 3 is 2.57 bits per heavy atom. The van der Waals surface area contributed by atoms with E-state index in [1.807, 2.05) is 12.1 Å². The SMILES string of the molecule is [NaH].[SeH]c1ncnc2c(Br)cc(Br)cc12. The van der Waals surface area contributed by atoms with Gasteiger partial charge >= 0.3 is 130 Å². The molecule has 6 heteroatoms. The molecule has 0 amide bonds. The molecule has 0 N–H and O–H groups in total. The maximum absolute atomic E-state index is 4.19. The van der Waals surface area contributed by atoms with Gasteiger partial charge in [0.05, 0.1) is 0 Å². The Bertz CT molecular complexity index is 478. The molecule has 0 radical (unpaired) electrons. The van der Waals surface area contributed by atoms with E-state index in [2.05, 4.69) is 57.8 Å². The number of hydrogen-bond donors (Lipinski definition) is 0. The summed E-state index contributed by atoms with van der Waals surface area (Å²) in [4.78, 5) is 8.30. The second-order valence-corrected chi connectivity index (χ2v) is 5.14. The summed E-state index contributed by atoms with van der Waals surface area (Å²) in [5, 5.41) is 1.05. The van der Waals surface area contributed by atoms with Crippen molar-refractivity contribution in [1.82, 2.24) is 9.97 Å². The summed E-state index contributed by atoms with van der Waals surface area (Å²) < 4.78 is 2.93. The van der Waals surface area contributed by atoms with E-state index in [9.17, 15) is 0 Å². The van der Waals surface area contributed by atoms with Crippen LogP contribution in [0.2, 0.25) is 0 Å². The zero-order chi connectivity index (χ0) is 9.42. The molecule has 1 heterocycles. The third-order valence-electron chi connectivity index (χ3n) is 1.64. The minimum atomic E-state index is 0. The van der Waals surface area contributed by atoms with E-state index in [0.29, 0.717) is 0 Å². The predicted octanol–water partition coefficient (Wildman–Crippen LogP) is 1.03. The molecule has 2 rings (SSSR count). The van der Waals surface area contributed by atoms with Gasteiger partial charge in [-0.2, -0.15) is 0 Å². The van der Waals surface area contributed by atoms with E-state index in [4.69, 9.17) is 0 Å². The van der Waals surface area contributed by atoms with Crippen LogP contribution >= 0.6 is 31.9 Å². The molecular formula is C8H5Br2N2NaSe. The number of rotatable bonds is 0. The fraction of sp³-hybridized carbons (Fsp3) is 0. The first-order valence-electron chi connectivity index (χ1n) is 3.47. The van der Waals surface area contributed by atoms with Gasteiger partial charge in [0.25, 0.3) is 0 Å². The van der Waals surface area contributed by atoms with Crippen LogP contribution in [0.15, 0.2) is 27.4 Å². The summed E-state index contributed by atoms with van der Waals surface area (Å²) in [5.41, 5.74) is 0.939. The molecule has 0 atom stereocenters. The van der Waals surface area contributed by atoms with Crippen molar-refractivity contribution in [3.8, 4) is 0 Å². The van der Waals surface area contributed by atoms with Gasteiger partial charge in [0.15, 0.2) is 0 Å². The minimum absolute atomic E-state index is 0. The summed E-state index contributed by atoms with van der Waals surface area (Å²) in [6.45, 7) is 0. The average Bonchev–Trinajstić information content (AvgIpc) is 2.07. The van der Waals surface area contributed by atoms with Crippen LogP contribution in [0.1, 0.15) is 0 Å². The van der Waals surface area contributed by atoms with Gasteiger partial charge in [0.1, 0.15) is 0 Å². The number of aromatic nitrogens is 2. The Labute approximate surface area is 129 Å². The van der Waals surface area contributed by atoms with Crippen LogP contribution in [-0.4, -0.2) is 55.5 Å². The molecule has 0 bridgehead atoms. The Kier molecular flexibility index (Phi) is 5.05. The van der Waals surface area contributed by atoms with E-state index >= 15 is 0 Å². The van der Waals surface area contributed by atoms with Crippen molar-refractivity contribution in [2.75, 3.05) is 0 Å². The molecule has 1 aromatic heterocycles. The zero-order valence-corrected chi connectivity index (χ0v) is 11.4. The molecule has 0 aliphatic carbocycles. The molecule has 0 saturated heterocycles. The van der Waals surface area contributed by atoms with Crippen LogP contribution in [-0.2, 0) is 0 Å². The van der Waals surface area contributed by atoms with E-state index in [1.165, 1.54) is 0 Å². The van der Waals surface area contributed by atoms with Crippen molar-refractivity contribution >= 4 is 92.9 Å². The van der Waals surface area contributed by atoms with E-state index in [0.717, 1.165) is 24.4 Å². The van der Waals surface area contributed by atoms with Gasteiger partial charge in [-0.15, -0.1) is 0 Å². The van der Waals surface area contributed by atoms with Crippen LogP contribution in [0.3, 0.4) is 0 Å². The molecule has 0 fully saturated rings. The molecule has 0 saturated carbocycles. The first-order chi connectivity index (χ1) is 6.18. The first kappa shape index (κ1) is 13.1. The second kappa shape index (κ2) is 5.39. The van der Waals surface area contributed by atoms with Crippen LogP contribution in [0, 0.1) is 0 Å². The second-order valence-electron chi connectivity index (χ2n) is 2.48. The summed E-state index contributed by atoms with van der Waals surface area (Å²) in [5.74, 6) is 0.